The van der Waals surface area contributed by atoms with E-state index in [0.29, 0.717) is 13.1 Å². The Morgan fingerprint density at radius 2 is 1.60 bits per heavy atom. The van der Waals surface area contributed by atoms with Crippen molar-refractivity contribution >= 4 is 18.3 Å². The van der Waals surface area contributed by atoms with Crippen LogP contribution in [0, 0.1) is 5.92 Å². The number of alkyl carbamates (subject to hydrolysis) is 1. The fourth-order valence-electron chi connectivity index (χ4n) is 4.36. The third-order valence-corrected chi connectivity index (χ3v) is 6.04. The van der Waals surface area contributed by atoms with Crippen LogP contribution in [-0.2, 0) is 14.3 Å². The van der Waals surface area contributed by atoms with Crippen molar-refractivity contribution in [2.24, 2.45) is 5.92 Å². The lowest BCUT2D eigenvalue weighted by atomic mass is 9.98. The van der Waals surface area contributed by atoms with E-state index >= 15 is 0 Å². The number of rotatable bonds is 6. The summed E-state index contributed by atoms with van der Waals surface area (Å²) in [4.78, 5) is 37.0. The van der Waals surface area contributed by atoms with Gasteiger partial charge in [0, 0.05) is 37.9 Å². The summed E-state index contributed by atoms with van der Waals surface area (Å²) in [5.74, 6) is 0.0789. The van der Waals surface area contributed by atoms with E-state index in [2.05, 4.69) is 29.6 Å². The molecule has 1 fully saturated rings. The van der Waals surface area contributed by atoms with E-state index in [9.17, 15) is 14.4 Å². The molecule has 6 heteroatoms. The molecule has 156 valence electrons. The van der Waals surface area contributed by atoms with Crippen molar-refractivity contribution in [1.29, 1.82) is 0 Å². The maximum absolute atomic E-state index is 12.3. The number of aldehydes is 1. The zero-order valence-corrected chi connectivity index (χ0v) is 16.9. The fourth-order valence-corrected chi connectivity index (χ4v) is 4.36. The van der Waals surface area contributed by atoms with Gasteiger partial charge in [0.25, 0.3) is 0 Å². The van der Waals surface area contributed by atoms with Crippen LogP contribution < -0.4 is 5.32 Å². The van der Waals surface area contributed by atoms with E-state index in [4.69, 9.17) is 4.74 Å². The van der Waals surface area contributed by atoms with Crippen molar-refractivity contribution in [3.63, 3.8) is 0 Å². The van der Waals surface area contributed by atoms with Gasteiger partial charge in [0.05, 0.1) is 0 Å². The van der Waals surface area contributed by atoms with Crippen LogP contribution in [0.25, 0.3) is 11.1 Å². The van der Waals surface area contributed by atoms with E-state index in [0.717, 1.165) is 19.1 Å². The van der Waals surface area contributed by atoms with Gasteiger partial charge in [-0.25, -0.2) is 4.79 Å². The number of amides is 2. The van der Waals surface area contributed by atoms with Gasteiger partial charge in [-0.15, -0.1) is 0 Å². The molecule has 1 N–H and O–H groups in total. The van der Waals surface area contributed by atoms with E-state index in [1.54, 1.807) is 4.90 Å². The van der Waals surface area contributed by atoms with Crippen molar-refractivity contribution < 1.29 is 19.1 Å². The number of carbonyl (C=O) groups is 3. The number of benzene rings is 2. The van der Waals surface area contributed by atoms with Crippen LogP contribution in [0.15, 0.2) is 48.5 Å². The van der Waals surface area contributed by atoms with Gasteiger partial charge in [0.1, 0.15) is 12.9 Å². The van der Waals surface area contributed by atoms with Gasteiger partial charge in [0.15, 0.2) is 0 Å². The Morgan fingerprint density at radius 3 is 2.20 bits per heavy atom. The molecule has 2 aromatic rings. The summed E-state index contributed by atoms with van der Waals surface area (Å²) in [6, 6.07) is 16.4. The average Bonchev–Trinajstić information content (AvgIpc) is 3.11. The zero-order valence-electron chi connectivity index (χ0n) is 16.9. The molecule has 1 aliphatic heterocycles. The molecular weight excluding hydrogens is 380 g/mol. The number of nitrogens with zero attached hydrogens (tertiary/aromatic N) is 1. The molecular formula is C24H26N2O4. The minimum atomic E-state index is -0.510. The van der Waals surface area contributed by atoms with E-state index in [1.807, 2.05) is 24.3 Å². The molecule has 1 heterocycles. The first kappa shape index (κ1) is 20.1. The van der Waals surface area contributed by atoms with Gasteiger partial charge in [0.2, 0.25) is 5.91 Å². The number of ether oxygens (including phenoxy) is 1. The molecule has 30 heavy (non-hydrogen) atoms. The second-order valence-corrected chi connectivity index (χ2v) is 7.86. The lowest BCUT2D eigenvalue weighted by molar-refractivity contribution is -0.133. The van der Waals surface area contributed by atoms with Crippen molar-refractivity contribution in [3.8, 4) is 11.1 Å². The molecule has 0 spiro atoms. The average molecular weight is 406 g/mol. The fraction of sp³-hybridized carbons (Fsp3) is 0.375. The Labute approximate surface area is 176 Å². The third kappa shape index (κ3) is 4.22. The molecule has 0 radical (unpaired) electrons. The predicted octanol–water partition coefficient (Wildman–Crippen LogP) is 3.35. The van der Waals surface area contributed by atoms with Gasteiger partial charge in [-0.2, -0.15) is 0 Å². The molecule has 2 aromatic carbocycles. The van der Waals surface area contributed by atoms with Gasteiger partial charge < -0.3 is 19.7 Å². The number of hydrogen-bond acceptors (Lipinski definition) is 4. The minimum absolute atomic E-state index is 0.00158. The third-order valence-electron chi connectivity index (χ3n) is 6.04. The normalized spacial score (nSPS) is 15.9. The number of nitrogens with one attached hydrogen (secondary N) is 1. The molecule has 2 aliphatic rings. The SMILES string of the molecule is O=CC1CCN(C(=O)CCNC(=O)OCC2c3ccccc3-c3ccccc32)CC1. The summed E-state index contributed by atoms with van der Waals surface area (Å²) < 4.78 is 5.48. The van der Waals surface area contributed by atoms with Crippen molar-refractivity contribution in [3.05, 3.63) is 59.7 Å². The van der Waals surface area contributed by atoms with Crippen LogP contribution in [0.2, 0.25) is 0 Å². The summed E-state index contributed by atoms with van der Waals surface area (Å²) >= 11 is 0. The Bertz CT molecular complexity index is 889. The monoisotopic (exact) mass is 406 g/mol. The van der Waals surface area contributed by atoms with Gasteiger partial charge in [-0.1, -0.05) is 48.5 Å². The Balaban J connectivity index is 1.25. The zero-order chi connectivity index (χ0) is 20.9. The second kappa shape index (κ2) is 9.11. The topological polar surface area (TPSA) is 75.7 Å². The van der Waals surface area contributed by atoms with Crippen LogP contribution in [0.4, 0.5) is 4.79 Å². The summed E-state index contributed by atoms with van der Waals surface area (Å²) in [5.41, 5.74) is 4.71. The van der Waals surface area contributed by atoms with Crippen molar-refractivity contribution in [1.82, 2.24) is 10.2 Å². The standard InChI is InChI=1S/C24H26N2O4/c27-15-17-10-13-26(14-11-17)23(28)9-12-25-24(29)30-16-22-20-7-3-1-5-18(20)19-6-2-4-8-21(19)22/h1-8,15,17,22H,9-14,16H2,(H,25,29). The summed E-state index contributed by atoms with van der Waals surface area (Å²) in [7, 11) is 0. The molecule has 0 aromatic heterocycles. The first-order valence-electron chi connectivity index (χ1n) is 10.5. The number of carbonyl (C=O) groups excluding carboxylic acids is 3. The highest BCUT2D eigenvalue weighted by molar-refractivity contribution is 5.79. The minimum Gasteiger partial charge on any atom is -0.449 e. The Hall–Kier alpha value is -3.15. The maximum atomic E-state index is 12.3. The maximum Gasteiger partial charge on any atom is 0.407 e. The lowest BCUT2D eigenvalue weighted by Crippen LogP contribution is -2.40. The van der Waals surface area contributed by atoms with Crippen LogP contribution in [0.3, 0.4) is 0 Å². The number of hydrogen-bond donors (Lipinski definition) is 1. The summed E-state index contributed by atoms with van der Waals surface area (Å²) in [6.45, 7) is 1.70. The van der Waals surface area contributed by atoms with E-state index in [1.165, 1.54) is 22.3 Å². The van der Waals surface area contributed by atoms with Crippen LogP contribution in [0.5, 0.6) is 0 Å². The summed E-state index contributed by atoms with van der Waals surface area (Å²) in [5, 5.41) is 2.68. The quantitative estimate of drug-likeness (QED) is 0.747. The molecule has 0 saturated carbocycles. The molecule has 0 bridgehead atoms. The highest BCUT2D eigenvalue weighted by Crippen LogP contribution is 2.44. The smallest absolute Gasteiger partial charge is 0.407 e. The van der Waals surface area contributed by atoms with Gasteiger partial charge in [-0.05, 0) is 35.1 Å². The summed E-state index contributed by atoms with van der Waals surface area (Å²) in [6.07, 6.45) is 2.13. The molecule has 1 saturated heterocycles. The second-order valence-electron chi connectivity index (χ2n) is 7.86. The van der Waals surface area contributed by atoms with Crippen LogP contribution in [-0.4, -0.2) is 49.4 Å². The van der Waals surface area contributed by atoms with E-state index < -0.39 is 6.09 Å². The van der Waals surface area contributed by atoms with Gasteiger partial charge in [-0.3, -0.25) is 4.79 Å². The Kier molecular flexibility index (Phi) is 6.12. The van der Waals surface area contributed by atoms with Crippen molar-refractivity contribution in [2.45, 2.75) is 25.2 Å². The Morgan fingerprint density at radius 1 is 1.00 bits per heavy atom. The molecule has 0 unspecified atom stereocenters. The van der Waals surface area contributed by atoms with E-state index in [-0.39, 0.29) is 37.3 Å². The van der Waals surface area contributed by atoms with Crippen LogP contribution in [0.1, 0.15) is 36.3 Å². The highest BCUT2D eigenvalue weighted by Gasteiger charge is 2.29. The number of fused-ring (bicyclic) bond motifs is 3. The van der Waals surface area contributed by atoms with Gasteiger partial charge >= 0.3 is 6.09 Å². The molecule has 2 amide bonds. The number of likely N-dealkylation sites (tertiary alicyclic amines) is 1. The molecule has 0 atom stereocenters. The molecule has 6 nitrogen and oxygen atoms in total. The number of piperidine rings is 1. The first-order valence-corrected chi connectivity index (χ1v) is 10.5. The highest BCUT2D eigenvalue weighted by atomic mass is 16.5. The van der Waals surface area contributed by atoms with Crippen LogP contribution >= 0.6 is 0 Å². The lowest BCUT2D eigenvalue weighted by Gasteiger charge is -2.29. The van der Waals surface area contributed by atoms with Crippen molar-refractivity contribution in [2.75, 3.05) is 26.2 Å². The molecule has 4 rings (SSSR count). The largest absolute Gasteiger partial charge is 0.449 e. The first-order chi connectivity index (χ1) is 14.7. The predicted molar refractivity (Wildman–Crippen MR) is 113 cm³/mol. The molecule has 1 aliphatic carbocycles.